The van der Waals surface area contributed by atoms with Gasteiger partial charge in [0.05, 0.1) is 5.56 Å². The lowest BCUT2D eigenvalue weighted by molar-refractivity contribution is 0.0695. The Hall–Kier alpha value is -1.51. The summed E-state index contributed by atoms with van der Waals surface area (Å²) in [4.78, 5) is 13.4. The summed E-state index contributed by atoms with van der Waals surface area (Å²) in [6.45, 7) is 0. The third kappa shape index (κ3) is 2.66. The van der Waals surface area contributed by atoms with Gasteiger partial charge in [-0.2, -0.15) is 0 Å². The Balaban J connectivity index is 2.39. The summed E-state index contributed by atoms with van der Waals surface area (Å²) in [7, 11) is 3.97. The van der Waals surface area contributed by atoms with E-state index in [9.17, 15) is 9.90 Å². The third-order valence-electron chi connectivity index (χ3n) is 3.83. The van der Waals surface area contributed by atoms with E-state index in [0.29, 0.717) is 11.5 Å². The van der Waals surface area contributed by atoms with Crippen molar-refractivity contribution in [2.45, 2.75) is 38.0 Å². The van der Waals surface area contributed by atoms with Gasteiger partial charge in [0.15, 0.2) is 0 Å². The van der Waals surface area contributed by atoms with Gasteiger partial charge in [0.1, 0.15) is 0 Å². The average Bonchev–Trinajstić information content (AvgIpc) is 2.39. The molecule has 1 saturated carbocycles. The number of hydrogen-bond acceptors (Lipinski definition) is 2. The minimum atomic E-state index is -0.805. The van der Waals surface area contributed by atoms with Crippen molar-refractivity contribution < 1.29 is 9.90 Å². The molecule has 3 heteroatoms. The predicted octanol–water partition coefficient (Wildman–Crippen LogP) is 3.50. The van der Waals surface area contributed by atoms with Gasteiger partial charge in [0.2, 0.25) is 0 Å². The van der Waals surface area contributed by atoms with Crippen LogP contribution in [0.5, 0.6) is 0 Å². The summed E-state index contributed by atoms with van der Waals surface area (Å²) in [6.07, 6.45) is 5.96. The normalized spacial score (nSPS) is 16.6. The number of anilines is 1. The van der Waals surface area contributed by atoms with Gasteiger partial charge >= 0.3 is 5.97 Å². The molecule has 3 nitrogen and oxygen atoms in total. The van der Waals surface area contributed by atoms with E-state index in [0.717, 1.165) is 24.1 Å². The Morgan fingerprint density at radius 1 is 1.22 bits per heavy atom. The van der Waals surface area contributed by atoms with E-state index in [2.05, 4.69) is 6.07 Å². The maximum Gasteiger partial charge on any atom is 0.335 e. The highest BCUT2D eigenvalue weighted by Gasteiger charge is 2.21. The highest BCUT2D eigenvalue weighted by molar-refractivity contribution is 5.90. The molecule has 1 aliphatic rings. The molecule has 0 radical (unpaired) electrons. The van der Waals surface area contributed by atoms with Crippen LogP contribution in [0.1, 0.15) is 53.9 Å². The average molecular weight is 247 g/mol. The summed E-state index contributed by atoms with van der Waals surface area (Å²) in [5.74, 6) is -0.384. The molecule has 0 aromatic heterocycles. The lowest BCUT2D eigenvalue weighted by atomic mass is 9.82. The van der Waals surface area contributed by atoms with Crippen LogP contribution in [0.15, 0.2) is 18.2 Å². The molecule has 0 saturated heterocycles. The Kier molecular flexibility index (Phi) is 3.90. The maximum absolute atomic E-state index is 11.3. The van der Waals surface area contributed by atoms with Gasteiger partial charge < -0.3 is 10.0 Å². The van der Waals surface area contributed by atoms with Crippen molar-refractivity contribution in [2.75, 3.05) is 19.0 Å². The van der Waals surface area contributed by atoms with Crippen LogP contribution in [-0.2, 0) is 0 Å². The second-order valence-corrected chi connectivity index (χ2v) is 5.31. The van der Waals surface area contributed by atoms with E-state index < -0.39 is 5.97 Å². The van der Waals surface area contributed by atoms with Crippen LogP contribution in [0, 0.1) is 0 Å². The van der Waals surface area contributed by atoms with Crippen molar-refractivity contribution in [1.82, 2.24) is 0 Å². The van der Waals surface area contributed by atoms with Gasteiger partial charge in [-0.15, -0.1) is 0 Å². The quantitative estimate of drug-likeness (QED) is 0.888. The van der Waals surface area contributed by atoms with Crippen LogP contribution in [0.3, 0.4) is 0 Å². The monoisotopic (exact) mass is 247 g/mol. The molecular weight excluding hydrogens is 226 g/mol. The van der Waals surface area contributed by atoms with Gasteiger partial charge in [-0.1, -0.05) is 19.3 Å². The van der Waals surface area contributed by atoms with E-state index in [1.165, 1.54) is 19.3 Å². The Morgan fingerprint density at radius 3 is 2.44 bits per heavy atom. The summed E-state index contributed by atoms with van der Waals surface area (Å²) in [5.41, 5.74) is 2.58. The minimum Gasteiger partial charge on any atom is -0.478 e. The number of nitrogens with zero attached hydrogens (tertiary/aromatic N) is 1. The second-order valence-electron chi connectivity index (χ2n) is 5.31. The second kappa shape index (κ2) is 5.42. The number of benzene rings is 1. The standard InChI is InChI=1S/C15H21NO2/c1-16(2)12-8-9-13(15(17)18)14(10-12)11-6-4-3-5-7-11/h8-11H,3-7H2,1-2H3,(H,17,18). The fourth-order valence-corrected chi connectivity index (χ4v) is 2.77. The van der Waals surface area contributed by atoms with Gasteiger partial charge in [0.25, 0.3) is 0 Å². The van der Waals surface area contributed by atoms with Crippen molar-refractivity contribution in [3.63, 3.8) is 0 Å². The SMILES string of the molecule is CN(C)c1ccc(C(=O)O)c(C2CCCCC2)c1. The number of hydrogen-bond donors (Lipinski definition) is 1. The predicted molar refractivity (Wildman–Crippen MR) is 73.6 cm³/mol. The molecule has 1 aliphatic carbocycles. The lowest BCUT2D eigenvalue weighted by Gasteiger charge is -2.25. The van der Waals surface area contributed by atoms with Crippen molar-refractivity contribution >= 4 is 11.7 Å². The largest absolute Gasteiger partial charge is 0.478 e. The first-order chi connectivity index (χ1) is 8.59. The summed E-state index contributed by atoms with van der Waals surface area (Å²) in [5, 5.41) is 9.31. The fourth-order valence-electron chi connectivity index (χ4n) is 2.77. The van der Waals surface area contributed by atoms with Crippen molar-refractivity contribution in [3.05, 3.63) is 29.3 Å². The van der Waals surface area contributed by atoms with Crippen molar-refractivity contribution in [2.24, 2.45) is 0 Å². The number of carboxylic acid groups (broad SMARTS) is 1. The topological polar surface area (TPSA) is 40.5 Å². The molecule has 0 aliphatic heterocycles. The molecule has 0 spiro atoms. The molecule has 1 aromatic carbocycles. The fraction of sp³-hybridized carbons (Fsp3) is 0.533. The third-order valence-corrected chi connectivity index (χ3v) is 3.83. The molecule has 0 unspecified atom stereocenters. The van der Waals surface area contributed by atoms with Crippen LogP contribution in [-0.4, -0.2) is 25.2 Å². The number of aromatic carboxylic acids is 1. The molecule has 0 amide bonds. The molecule has 1 fully saturated rings. The molecule has 0 heterocycles. The van der Waals surface area contributed by atoms with Crippen LogP contribution >= 0.6 is 0 Å². The lowest BCUT2D eigenvalue weighted by Crippen LogP contribution is -2.14. The number of carbonyl (C=O) groups is 1. The summed E-state index contributed by atoms with van der Waals surface area (Å²) in [6, 6.07) is 5.69. The molecule has 1 aromatic rings. The van der Waals surface area contributed by atoms with Gasteiger partial charge in [-0.25, -0.2) is 4.79 Å². The van der Waals surface area contributed by atoms with E-state index in [1.54, 1.807) is 6.07 Å². The van der Waals surface area contributed by atoms with Crippen molar-refractivity contribution in [1.29, 1.82) is 0 Å². The molecule has 0 atom stereocenters. The first-order valence-corrected chi connectivity index (χ1v) is 6.64. The molecule has 1 N–H and O–H groups in total. The molecular formula is C15H21NO2. The first kappa shape index (κ1) is 12.9. The molecule has 18 heavy (non-hydrogen) atoms. The van der Waals surface area contributed by atoms with Gasteiger partial charge in [-0.05, 0) is 42.5 Å². The molecule has 0 bridgehead atoms. The van der Waals surface area contributed by atoms with Crippen LogP contribution in [0.25, 0.3) is 0 Å². The summed E-state index contributed by atoms with van der Waals surface area (Å²) >= 11 is 0. The summed E-state index contributed by atoms with van der Waals surface area (Å²) < 4.78 is 0. The number of carboxylic acids is 1. The molecule has 2 rings (SSSR count). The van der Waals surface area contributed by atoms with Crippen LogP contribution in [0.4, 0.5) is 5.69 Å². The maximum atomic E-state index is 11.3. The van der Waals surface area contributed by atoms with E-state index in [1.807, 2.05) is 25.1 Å². The van der Waals surface area contributed by atoms with E-state index >= 15 is 0 Å². The minimum absolute atomic E-state index is 0.421. The van der Waals surface area contributed by atoms with Gasteiger partial charge in [0, 0.05) is 19.8 Å². The van der Waals surface area contributed by atoms with Crippen LogP contribution < -0.4 is 4.90 Å². The van der Waals surface area contributed by atoms with Gasteiger partial charge in [-0.3, -0.25) is 0 Å². The zero-order valence-electron chi connectivity index (χ0n) is 11.1. The molecule has 98 valence electrons. The van der Waals surface area contributed by atoms with E-state index in [4.69, 9.17) is 0 Å². The first-order valence-electron chi connectivity index (χ1n) is 6.64. The van der Waals surface area contributed by atoms with Crippen LogP contribution in [0.2, 0.25) is 0 Å². The van der Waals surface area contributed by atoms with Crippen molar-refractivity contribution in [3.8, 4) is 0 Å². The highest BCUT2D eigenvalue weighted by Crippen LogP contribution is 2.36. The zero-order valence-corrected chi connectivity index (χ0v) is 11.1. The zero-order chi connectivity index (χ0) is 13.1. The Morgan fingerprint density at radius 2 is 1.89 bits per heavy atom. The smallest absolute Gasteiger partial charge is 0.335 e. The van der Waals surface area contributed by atoms with E-state index in [-0.39, 0.29) is 0 Å². The Bertz CT molecular complexity index is 434. The Labute approximate surface area is 108 Å². The number of rotatable bonds is 3. The highest BCUT2D eigenvalue weighted by atomic mass is 16.4.